The Morgan fingerprint density at radius 2 is 1.59 bits per heavy atom. The Morgan fingerprint density at radius 3 is 2.19 bits per heavy atom. The lowest BCUT2D eigenvalue weighted by Crippen LogP contribution is -2.16. The van der Waals surface area contributed by atoms with Gasteiger partial charge in [0.1, 0.15) is 5.75 Å². The van der Waals surface area contributed by atoms with E-state index in [1.165, 1.54) is 0 Å². The van der Waals surface area contributed by atoms with Crippen LogP contribution < -0.4 is 25.7 Å². The van der Waals surface area contributed by atoms with E-state index in [2.05, 4.69) is 0 Å². The Hall–Kier alpha value is -2.83. The Balaban J connectivity index is 2.22. The summed E-state index contributed by atoms with van der Waals surface area (Å²) in [4.78, 5) is 4.82. The van der Waals surface area contributed by atoms with E-state index in [4.69, 9.17) is 30.7 Å². The van der Waals surface area contributed by atoms with Crippen LogP contribution >= 0.6 is 0 Å². The first-order valence-electron chi connectivity index (χ1n) is 8.78. The van der Waals surface area contributed by atoms with Crippen LogP contribution in [0.15, 0.2) is 42.5 Å². The molecule has 0 saturated carbocycles. The summed E-state index contributed by atoms with van der Waals surface area (Å²) in [6.45, 7) is 0.510. The topological polar surface area (TPSA) is 92.6 Å². The third-order valence-corrected chi connectivity index (χ3v) is 4.61. The van der Waals surface area contributed by atoms with Crippen molar-refractivity contribution in [1.82, 2.24) is 4.98 Å². The lowest BCUT2D eigenvalue weighted by molar-refractivity contribution is 0.355. The summed E-state index contributed by atoms with van der Waals surface area (Å²) in [5.74, 6) is 2.07. The van der Waals surface area contributed by atoms with Crippen LogP contribution in [0, 0.1) is 0 Å². The summed E-state index contributed by atoms with van der Waals surface area (Å²) >= 11 is 0. The van der Waals surface area contributed by atoms with Gasteiger partial charge in [-0.25, -0.2) is 4.98 Å². The van der Waals surface area contributed by atoms with Gasteiger partial charge in [-0.2, -0.15) is 0 Å². The van der Waals surface area contributed by atoms with Gasteiger partial charge in [0.15, 0.2) is 11.5 Å². The standard InChI is InChI=1S/C21H25N3O3/c1-25-14-6-4-13(5-7-14)18-10-15(17(23)8-9-22)16-11-20(26-2)21(27-3)12-19(16)24-18/h4-7,10-12,17H,8-9,22-23H2,1-3H3. The molecule has 0 aliphatic rings. The highest BCUT2D eigenvalue weighted by Crippen LogP contribution is 2.36. The second-order valence-corrected chi connectivity index (χ2v) is 6.23. The summed E-state index contributed by atoms with van der Waals surface area (Å²) in [6.07, 6.45) is 0.676. The third kappa shape index (κ3) is 3.82. The van der Waals surface area contributed by atoms with Gasteiger partial charge in [0.25, 0.3) is 0 Å². The van der Waals surface area contributed by atoms with Crippen molar-refractivity contribution in [2.75, 3.05) is 27.9 Å². The summed E-state index contributed by atoms with van der Waals surface area (Å²) in [7, 11) is 4.87. The van der Waals surface area contributed by atoms with Gasteiger partial charge in [-0.15, -0.1) is 0 Å². The summed E-state index contributed by atoms with van der Waals surface area (Å²) in [6, 6.07) is 13.4. The Kier molecular flexibility index (Phi) is 5.78. The molecule has 27 heavy (non-hydrogen) atoms. The Bertz CT molecular complexity index is 926. The lowest BCUT2D eigenvalue weighted by Gasteiger charge is -2.17. The van der Waals surface area contributed by atoms with Crippen LogP contribution in [0.2, 0.25) is 0 Å². The highest BCUT2D eigenvalue weighted by atomic mass is 16.5. The summed E-state index contributed by atoms with van der Waals surface area (Å²) < 4.78 is 16.1. The van der Waals surface area contributed by atoms with E-state index in [1.807, 2.05) is 42.5 Å². The number of pyridine rings is 1. The normalized spacial score (nSPS) is 12.0. The van der Waals surface area contributed by atoms with E-state index in [0.717, 1.165) is 33.5 Å². The molecular weight excluding hydrogens is 342 g/mol. The van der Waals surface area contributed by atoms with E-state index in [9.17, 15) is 0 Å². The van der Waals surface area contributed by atoms with Gasteiger partial charge in [-0.1, -0.05) is 0 Å². The van der Waals surface area contributed by atoms with Crippen molar-refractivity contribution in [3.05, 3.63) is 48.0 Å². The van der Waals surface area contributed by atoms with Crippen molar-refractivity contribution in [3.63, 3.8) is 0 Å². The first-order chi connectivity index (χ1) is 13.1. The number of aromatic nitrogens is 1. The molecule has 0 amide bonds. The third-order valence-electron chi connectivity index (χ3n) is 4.61. The number of rotatable bonds is 7. The zero-order valence-corrected chi connectivity index (χ0v) is 15.9. The minimum absolute atomic E-state index is 0.199. The van der Waals surface area contributed by atoms with Crippen LogP contribution in [-0.4, -0.2) is 32.9 Å². The number of hydrogen-bond acceptors (Lipinski definition) is 6. The maximum Gasteiger partial charge on any atom is 0.162 e. The fourth-order valence-electron chi connectivity index (χ4n) is 3.13. The molecule has 0 bridgehead atoms. The minimum Gasteiger partial charge on any atom is -0.497 e. The smallest absolute Gasteiger partial charge is 0.162 e. The molecule has 0 aliphatic heterocycles. The van der Waals surface area contributed by atoms with Gasteiger partial charge in [0.2, 0.25) is 0 Å². The van der Waals surface area contributed by atoms with Crippen LogP contribution in [0.25, 0.3) is 22.2 Å². The van der Waals surface area contributed by atoms with Gasteiger partial charge in [0.05, 0.1) is 32.5 Å². The van der Waals surface area contributed by atoms with Crippen LogP contribution in [0.3, 0.4) is 0 Å². The fraction of sp³-hybridized carbons (Fsp3) is 0.286. The SMILES string of the molecule is COc1ccc(-c2cc(C(N)CCN)c3cc(OC)c(OC)cc3n2)cc1. The minimum atomic E-state index is -0.199. The van der Waals surface area contributed by atoms with E-state index in [0.29, 0.717) is 24.5 Å². The predicted molar refractivity (Wildman–Crippen MR) is 107 cm³/mol. The molecule has 0 radical (unpaired) electrons. The lowest BCUT2D eigenvalue weighted by atomic mass is 9.97. The van der Waals surface area contributed by atoms with Gasteiger partial charge in [-0.05, 0) is 54.9 Å². The number of hydrogen-bond donors (Lipinski definition) is 2. The zero-order chi connectivity index (χ0) is 19.4. The molecule has 0 spiro atoms. The van der Waals surface area contributed by atoms with Crippen molar-refractivity contribution in [1.29, 1.82) is 0 Å². The number of fused-ring (bicyclic) bond motifs is 1. The van der Waals surface area contributed by atoms with E-state index < -0.39 is 0 Å². The molecule has 6 heteroatoms. The average Bonchev–Trinajstić information content (AvgIpc) is 2.72. The highest BCUT2D eigenvalue weighted by Gasteiger charge is 2.16. The van der Waals surface area contributed by atoms with Crippen molar-refractivity contribution < 1.29 is 14.2 Å². The Labute approximate surface area is 159 Å². The van der Waals surface area contributed by atoms with Crippen molar-refractivity contribution in [3.8, 4) is 28.5 Å². The van der Waals surface area contributed by atoms with Gasteiger partial charge < -0.3 is 25.7 Å². The Morgan fingerprint density at radius 1 is 0.926 bits per heavy atom. The number of benzene rings is 2. The first kappa shape index (κ1) is 18.9. The second-order valence-electron chi connectivity index (χ2n) is 6.23. The van der Waals surface area contributed by atoms with Crippen molar-refractivity contribution in [2.45, 2.75) is 12.5 Å². The van der Waals surface area contributed by atoms with Crippen LogP contribution in [-0.2, 0) is 0 Å². The second kappa shape index (κ2) is 8.24. The number of ether oxygens (including phenoxy) is 3. The monoisotopic (exact) mass is 367 g/mol. The molecule has 0 aliphatic carbocycles. The molecule has 1 heterocycles. The first-order valence-corrected chi connectivity index (χ1v) is 8.78. The molecule has 1 unspecified atom stereocenters. The number of methoxy groups -OCH3 is 3. The van der Waals surface area contributed by atoms with Gasteiger partial charge >= 0.3 is 0 Å². The zero-order valence-electron chi connectivity index (χ0n) is 15.9. The molecular formula is C21H25N3O3. The number of nitrogens with zero attached hydrogens (tertiary/aromatic N) is 1. The highest BCUT2D eigenvalue weighted by molar-refractivity contribution is 5.88. The molecule has 1 aromatic heterocycles. The van der Waals surface area contributed by atoms with Gasteiger partial charge in [0, 0.05) is 23.1 Å². The number of nitrogens with two attached hydrogens (primary N) is 2. The molecule has 1 atom stereocenters. The molecule has 2 aromatic carbocycles. The van der Waals surface area contributed by atoms with Crippen LogP contribution in [0.4, 0.5) is 0 Å². The molecule has 0 fully saturated rings. The summed E-state index contributed by atoms with van der Waals surface area (Å²) in [5, 5.41) is 0.936. The molecule has 142 valence electrons. The molecule has 0 saturated heterocycles. The predicted octanol–water partition coefficient (Wildman–Crippen LogP) is 3.28. The average molecular weight is 367 g/mol. The molecule has 6 nitrogen and oxygen atoms in total. The molecule has 3 aromatic rings. The molecule has 3 rings (SSSR count). The molecule has 4 N–H and O–H groups in total. The van der Waals surface area contributed by atoms with E-state index >= 15 is 0 Å². The quantitative estimate of drug-likeness (QED) is 0.666. The van der Waals surface area contributed by atoms with Crippen LogP contribution in [0.1, 0.15) is 18.0 Å². The van der Waals surface area contributed by atoms with Crippen LogP contribution in [0.5, 0.6) is 17.2 Å². The van der Waals surface area contributed by atoms with Gasteiger partial charge in [-0.3, -0.25) is 0 Å². The van der Waals surface area contributed by atoms with E-state index in [-0.39, 0.29) is 6.04 Å². The maximum absolute atomic E-state index is 6.43. The van der Waals surface area contributed by atoms with Crippen molar-refractivity contribution in [2.24, 2.45) is 11.5 Å². The summed E-state index contributed by atoms with van der Waals surface area (Å²) in [5.41, 5.74) is 15.8. The van der Waals surface area contributed by atoms with E-state index in [1.54, 1.807) is 21.3 Å². The fourth-order valence-corrected chi connectivity index (χ4v) is 3.13. The maximum atomic E-state index is 6.43. The largest absolute Gasteiger partial charge is 0.497 e. The van der Waals surface area contributed by atoms with Crippen molar-refractivity contribution >= 4 is 10.9 Å².